The number of carbonyl (C=O) groups excluding carboxylic acids is 1. The highest BCUT2D eigenvalue weighted by Gasteiger charge is 2.18. The lowest BCUT2D eigenvalue weighted by atomic mass is 10.1. The first-order valence-corrected chi connectivity index (χ1v) is 7.25. The summed E-state index contributed by atoms with van der Waals surface area (Å²) >= 11 is 0. The molecule has 0 aliphatic rings. The van der Waals surface area contributed by atoms with Gasteiger partial charge in [-0.2, -0.15) is 5.10 Å². The van der Waals surface area contributed by atoms with Gasteiger partial charge in [0.2, 0.25) is 11.8 Å². The van der Waals surface area contributed by atoms with E-state index in [9.17, 15) is 4.79 Å². The summed E-state index contributed by atoms with van der Waals surface area (Å²) in [5.41, 5.74) is 1.68. The van der Waals surface area contributed by atoms with Crippen molar-refractivity contribution >= 4 is 16.9 Å². The maximum Gasteiger partial charge on any atom is 0.344 e. The fourth-order valence-corrected chi connectivity index (χ4v) is 2.39. The number of aromatic amines is 1. The van der Waals surface area contributed by atoms with Gasteiger partial charge in [-0.1, -0.05) is 12.1 Å². The molecule has 0 atom stereocenters. The minimum atomic E-state index is -0.500. The molecule has 0 unspecified atom stereocenters. The van der Waals surface area contributed by atoms with Crippen molar-refractivity contribution in [3.8, 4) is 17.2 Å². The van der Waals surface area contributed by atoms with Gasteiger partial charge in [0.15, 0.2) is 0 Å². The molecule has 4 aromatic rings. The molecule has 0 amide bonds. The van der Waals surface area contributed by atoms with Crippen LogP contribution in [0.5, 0.6) is 5.75 Å². The highest BCUT2D eigenvalue weighted by atomic mass is 16.5. The lowest BCUT2D eigenvalue weighted by Gasteiger charge is -2.07. The second-order valence-corrected chi connectivity index (χ2v) is 5.18. The van der Waals surface area contributed by atoms with Crippen LogP contribution in [0.3, 0.4) is 0 Å². The summed E-state index contributed by atoms with van der Waals surface area (Å²) in [6, 6.07) is 12.2. The largest absolute Gasteiger partial charge is 0.423 e. The highest BCUT2D eigenvalue weighted by Crippen LogP contribution is 2.25. The summed E-state index contributed by atoms with van der Waals surface area (Å²) in [5, 5.41) is 15.5. The second-order valence-electron chi connectivity index (χ2n) is 5.18. The number of nitrogens with one attached hydrogen (secondary N) is 1. The molecule has 0 aliphatic carbocycles. The highest BCUT2D eigenvalue weighted by molar-refractivity contribution is 5.97. The molecule has 1 N–H and O–H groups in total. The molecule has 118 valence electrons. The van der Waals surface area contributed by atoms with Gasteiger partial charge in [0.05, 0.1) is 22.8 Å². The van der Waals surface area contributed by atoms with Crippen LogP contribution < -0.4 is 4.74 Å². The van der Waals surface area contributed by atoms with Crippen LogP contribution in [0.25, 0.3) is 22.4 Å². The molecule has 4 rings (SSSR count). The summed E-state index contributed by atoms with van der Waals surface area (Å²) in [5.74, 6) is 0.635. The molecule has 0 spiro atoms. The first-order chi connectivity index (χ1) is 11.7. The predicted molar refractivity (Wildman–Crippen MR) is 85.5 cm³/mol. The molecule has 7 heteroatoms. The Kier molecular flexibility index (Phi) is 3.31. The van der Waals surface area contributed by atoms with Crippen LogP contribution >= 0.6 is 0 Å². The van der Waals surface area contributed by atoms with Crippen LogP contribution in [0, 0.1) is 6.92 Å². The van der Waals surface area contributed by atoms with Crippen molar-refractivity contribution in [2.24, 2.45) is 0 Å². The molecule has 0 saturated carbocycles. The average Bonchev–Trinajstić information content (AvgIpc) is 3.23. The van der Waals surface area contributed by atoms with E-state index in [2.05, 4.69) is 20.4 Å². The van der Waals surface area contributed by atoms with E-state index < -0.39 is 5.97 Å². The SMILES string of the molecule is Cc1nnc(-c2ccccc2C(=O)Oc2ccc3cn[nH]c3c2)o1. The minimum Gasteiger partial charge on any atom is -0.423 e. The molecule has 0 bridgehead atoms. The van der Waals surface area contributed by atoms with Gasteiger partial charge < -0.3 is 9.15 Å². The van der Waals surface area contributed by atoms with Crippen LogP contribution in [0.2, 0.25) is 0 Å². The molecule has 0 fully saturated rings. The zero-order chi connectivity index (χ0) is 16.5. The Morgan fingerprint density at radius 3 is 2.88 bits per heavy atom. The van der Waals surface area contributed by atoms with Crippen molar-refractivity contribution in [2.75, 3.05) is 0 Å². The Morgan fingerprint density at radius 1 is 1.17 bits per heavy atom. The number of hydrogen-bond acceptors (Lipinski definition) is 6. The van der Waals surface area contributed by atoms with E-state index in [0.29, 0.717) is 22.8 Å². The zero-order valence-electron chi connectivity index (χ0n) is 12.7. The Hall–Kier alpha value is -3.48. The monoisotopic (exact) mass is 320 g/mol. The van der Waals surface area contributed by atoms with E-state index in [4.69, 9.17) is 9.15 Å². The molecule has 0 radical (unpaired) electrons. The molecule has 0 saturated heterocycles. The number of H-pyrrole nitrogens is 1. The predicted octanol–water partition coefficient (Wildman–Crippen LogP) is 3.14. The Morgan fingerprint density at radius 2 is 2.04 bits per heavy atom. The zero-order valence-corrected chi connectivity index (χ0v) is 12.7. The number of benzene rings is 2. The number of aryl methyl sites for hydroxylation is 1. The summed E-state index contributed by atoms with van der Waals surface area (Å²) in [4.78, 5) is 12.6. The van der Waals surface area contributed by atoms with E-state index in [-0.39, 0.29) is 5.89 Å². The molecule has 24 heavy (non-hydrogen) atoms. The number of fused-ring (bicyclic) bond motifs is 1. The molecule has 2 aromatic heterocycles. The van der Waals surface area contributed by atoms with Gasteiger partial charge in [-0.3, -0.25) is 5.10 Å². The number of hydrogen-bond donors (Lipinski definition) is 1. The lowest BCUT2D eigenvalue weighted by molar-refractivity contribution is 0.0735. The molecule has 7 nitrogen and oxygen atoms in total. The lowest BCUT2D eigenvalue weighted by Crippen LogP contribution is -2.10. The van der Waals surface area contributed by atoms with Crippen LogP contribution in [0.15, 0.2) is 53.1 Å². The average molecular weight is 320 g/mol. The molecule has 2 heterocycles. The summed E-state index contributed by atoms with van der Waals surface area (Å²) in [7, 11) is 0. The fraction of sp³-hybridized carbons (Fsp3) is 0.0588. The fourth-order valence-electron chi connectivity index (χ4n) is 2.39. The maximum absolute atomic E-state index is 12.6. The number of ether oxygens (including phenoxy) is 1. The van der Waals surface area contributed by atoms with Crippen molar-refractivity contribution < 1.29 is 13.9 Å². The quantitative estimate of drug-likeness (QED) is 0.460. The molecule has 2 aromatic carbocycles. The maximum atomic E-state index is 12.6. The Bertz CT molecular complexity index is 1030. The normalized spacial score (nSPS) is 10.9. The first-order valence-electron chi connectivity index (χ1n) is 7.25. The van der Waals surface area contributed by atoms with E-state index in [1.165, 1.54) is 0 Å². The number of aromatic nitrogens is 4. The van der Waals surface area contributed by atoms with Crippen molar-refractivity contribution in [3.05, 3.63) is 60.1 Å². The smallest absolute Gasteiger partial charge is 0.344 e. The van der Waals surface area contributed by atoms with Gasteiger partial charge >= 0.3 is 5.97 Å². The number of esters is 1. The molecule has 0 aliphatic heterocycles. The Labute approximate surface area is 136 Å². The van der Waals surface area contributed by atoms with Crippen LogP contribution in [-0.2, 0) is 0 Å². The van der Waals surface area contributed by atoms with E-state index in [1.807, 2.05) is 6.07 Å². The summed E-state index contributed by atoms with van der Waals surface area (Å²) < 4.78 is 10.9. The minimum absolute atomic E-state index is 0.282. The third-order valence-electron chi connectivity index (χ3n) is 3.53. The summed E-state index contributed by atoms with van der Waals surface area (Å²) in [6.45, 7) is 1.69. The van der Waals surface area contributed by atoms with Crippen LogP contribution in [0.1, 0.15) is 16.2 Å². The van der Waals surface area contributed by atoms with Gasteiger partial charge in [-0.25, -0.2) is 4.79 Å². The van der Waals surface area contributed by atoms with Crippen molar-refractivity contribution in [2.45, 2.75) is 6.92 Å². The van der Waals surface area contributed by atoms with E-state index in [0.717, 1.165) is 10.9 Å². The van der Waals surface area contributed by atoms with Crippen molar-refractivity contribution in [3.63, 3.8) is 0 Å². The number of carbonyl (C=O) groups is 1. The Balaban J connectivity index is 1.67. The van der Waals surface area contributed by atoms with Crippen LogP contribution in [0.4, 0.5) is 0 Å². The van der Waals surface area contributed by atoms with E-state index in [1.54, 1.807) is 49.5 Å². The van der Waals surface area contributed by atoms with Gasteiger partial charge in [0.25, 0.3) is 0 Å². The molecular weight excluding hydrogens is 308 g/mol. The summed E-state index contributed by atoms with van der Waals surface area (Å²) in [6.07, 6.45) is 1.70. The van der Waals surface area contributed by atoms with Gasteiger partial charge in [-0.05, 0) is 24.3 Å². The molecular formula is C17H12N4O3. The van der Waals surface area contributed by atoms with Gasteiger partial charge in [0.1, 0.15) is 5.75 Å². The number of nitrogens with zero attached hydrogens (tertiary/aromatic N) is 3. The topological polar surface area (TPSA) is 93.9 Å². The third kappa shape index (κ3) is 2.52. The second kappa shape index (κ2) is 5.62. The van der Waals surface area contributed by atoms with Crippen molar-refractivity contribution in [1.82, 2.24) is 20.4 Å². The van der Waals surface area contributed by atoms with Gasteiger partial charge in [-0.15, -0.1) is 10.2 Å². The van der Waals surface area contributed by atoms with E-state index >= 15 is 0 Å². The van der Waals surface area contributed by atoms with Crippen LogP contribution in [-0.4, -0.2) is 26.4 Å². The third-order valence-corrected chi connectivity index (χ3v) is 3.53. The first kappa shape index (κ1) is 14.1. The van der Waals surface area contributed by atoms with Gasteiger partial charge in [0, 0.05) is 18.4 Å². The van der Waals surface area contributed by atoms with Crippen molar-refractivity contribution in [1.29, 1.82) is 0 Å². The standard InChI is InChI=1S/C17H12N4O3/c1-10-19-21-16(23-10)13-4-2-3-5-14(13)17(22)24-12-7-6-11-9-18-20-15(11)8-12/h2-9H,1H3,(H,18,20). The number of rotatable bonds is 3.